The van der Waals surface area contributed by atoms with Gasteiger partial charge in [-0.05, 0) is 44.9 Å². The van der Waals surface area contributed by atoms with E-state index in [9.17, 15) is 4.79 Å². The zero-order valence-corrected chi connectivity index (χ0v) is 15.4. The average molecular weight is 338 g/mol. The van der Waals surface area contributed by atoms with Crippen molar-refractivity contribution in [2.24, 2.45) is 11.8 Å². The first-order chi connectivity index (χ1) is 11.7. The number of unbranched alkanes of at least 4 members (excludes halogenated alkanes) is 3. The topological polar surface area (TPSA) is 44.8 Å². The minimum Gasteiger partial charge on any atom is -0.463 e. The normalized spacial score (nSPS) is 29.2. The van der Waals surface area contributed by atoms with Crippen molar-refractivity contribution in [1.82, 2.24) is 0 Å². The molecule has 2 saturated heterocycles. The van der Waals surface area contributed by atoms with Gasteiger partial charge in [0.05, 0.1) is 12.7 Å². The Hall–Kier alpha value is -0.870. The molecule has 2 aliphatic heterocycles. The molecule has 4 nitrogen and oxygen atoms in total. The molecule has 24 heavy (non-hydrogen) atoms. The number of hydrogen-bond donors (Lipinski definition) is 0. The molecule has 2 fully saturated rings. The van der Waals surface area contributed by atoms with Crippen molar-refractivity contribution in [3.8, 4) is 0 Å². The average Bonchev–Trinajstić information content (AvgIpc) is 2.94. The molecule has 0 N–H and O–H groups in total. The first-order valence-corrected chi connectivity index (χ1v) is 9.79. The Labute approximate surface area is 146 Å². The molecule has 2 aliphatic rings. The van der Waals surface area contributed by atoms with Crippen LogP contribution in [0.15, 0.2) is 12.2 Å². The van der Waals surface area contributed by atoms with Crippen LogP contribution in [0.1, 0.15) is 71.6 Å². The van der Waals surface area contributed by atoms with Gasteiger partial charge in [-0.25, -0.2) is 4.79 Å². The summed E-state index contributed by atoms with van der Waals surface area (Å²) in [6.45, 7) is 9.18. The maximum Gasteiger partial charge on any atom is 0.333 e. The first-order valence-electron chi connectivity index (χ1n) is 9.79. The van der Waals surface area contributed by atoms with Gasteiger partial charge in [0.1, 0.15) is 0 Å². The van der Waals surface area contributed by atoms with Gasteiger partial charge in [0.15, 0.2) is 6.29 Å². The fourth-order valence-corrected chi connectivity index (χ4v) is 4.01. The Kier molecular flexibility index (Phi) is 8.26. The Morgan fingerprint density at radius 1 is 1.21 bits per heavy atom. The van der Waals surface area contributed by atoms with Crippen LogP contribution < -0.4 is 0 Å². The molecule has 0 bridgehead atoms. The second kappa shape index (κ2) is 10.2. The van der Waals surface area contributed by atoms with E-state index in [1.807, 2.05) is 6.92 Å². The molecule has 1 unspecified atom stereocenters. The highest BCUT2D eigenvalue weighted by molar-refractivity contribution is 5.87. The SMILES string of the molecule is C=C(CC[C@@H]1C(CCCCCC)O[C@@H]2OCCC[C@@H]21)C(=O)OCC. The third-order valence-corrected chi connectivity index (χ3v) is 5.34. The Morgan fingerprint density at radius 3 is 2.79 bits per heavy atom. The van der Waals surface area contributed by atoms with Crippen LogP contribution in [0, 0.1) is 11.8 Å². The van der Waals surface area contributed by atoms with Gasteiger partial charge in [-0.1, -0.05) is 39.2 Å². The van der Waals surface area contributed by atoms with Crippen molar-refractivity contribution in [3.63, 3.8) is 0 Å². The van der Waals surface area contributed by atoms with Crippen molar-refractivity contribution >= 4 is 5.97 Å². The van der Waals surface area contributed by atoms with Crippen molar-refractivity contribution < 1.29 is 19.0 Å². The highest BCUT2D eigenvalue weighted by Gasteiger charge is 2.45. The number of hydrogen-bond acceptors (Lipinski definition) is 4. The van der Waals surface area contributed by atoms with Gasteiger partial charge in [-0.3, -0.25) is 0 Å². The second-order valence-corrected chi connectivity index (χ2v) is 7.10. The molecular formula is C20H34O4. The smallest absolute Gasteiger partial charge is 0.333 e. The van der Waals surface area contributed by atoms with Crippen LogP contribution in [0.2, 0.25) is 0 Å². The van der Waals surface area contributed by atoms with Crippen molar-refractivity contribution in [2.75, 3.05) is 13.2 Å². The van der Waals surface area contributed by atoms with Crippen molar-refractivity contribution in [1.29, 1.82) is 0 Å². The summed E-state index contributed by atoms with van der Waals surface area (Å²) in [5, 5.41) is 0. The van der Waals surface area contributed by atoms with Gasteiger partial charge in [0.25, 0.3) is 0 Å². The zero-order chi connectivity index (χ0) is 17.4. The molecule has 4 heteroatoms. The predicted octanol–water partition coefficient (Wildman–Crippen LogP) is 4.62. The van der Waals surface area contributed by atoms with Crippen LogP contribution in [-0.4, -0.2) is 31.6 Å². The Morgan fingerprint density at radius 2 is 2.04 bits per heavy atom. The quantitative estimate of drug-likeness (QED) is 0.331. The van der Waals surface area contributed by atoms with Gasteiger partial charge < -0.3 is 14.2 Å². The van der Waals surface area contributed by atoms with Gasteiger partial charge in [0, 0.05) is 18.1 Å². The summed E-state index contributed by atoms with van der Waals surface area (Å²) in [5.74, 6) is 0.695. The predicted molar refractivity (Wildman–Crippen MR) is 94.6 cm³/mol. The van der Waals surface area contributed by atoms with Crippen LogP contribution in [0.25, 0.3) is 0 Å². The maximum absolute atomic E-state index is 11.8. The fourth-order valence-electron chi connectivity index (χ4n) is 4.01. The molecule has 0 amide bonds. The third kappa shape index (κ3) is 5.32. The minimum absolute atomic E-state index is 0.0317. The van der Waals surface area contributed by atoms with Crippen LogP contribution in [0.4, 0.5) is 0 Å². The number of rotatable bonds is 10. The molecule has 0 spiro atoms. The van der Waals surface area contributed by atoms with E-state index < -0.39 is 0 Å². The Balaban J connectivity index is 1.88. The monoisotopic (exact) mass is 338 g/mol. The van der Waals surface area contributed by atoms with Gasteiger partial charge in [-0.2, -0.15) is 0 Å². The lowest BCUT2D eigenvalue weighted by Crippen LogP contribution is -2.29. The number of esters is 1. The highest BCUT2D eigenvalue weighted by Crippen LogP contribution is 2.43. The van der Waals surface area contributed by atoms with E-state index in [0.29, 0.717) is 30.4 Å². The molecule has 4 atom stereocenters. The molecule has 2 heterocycles. The molecule has 0 saturated carbocycles. The van der Waals surface area contributed by atoms with Gasteiger partial charge in [0.2, 0.25) is 0 Å². The molecule has 0 aromatic heterocycles. The van der Waals surface area contributed by atoms with Gasteiger partial charge >= 0.3 is 5.97 Å². The van der Waals surface area contributed by atoms with E-state index in [-0.39, 0.29) is 18.4 Å². The van der Waals surface area contributed by atoms with E-state index in [4.69, 9.17) is 14.2 Å². The van der Waals surface area contributed by atoms with E-state index in [0.717, 1.165) is 25.9 Å². The van der Waals surface area contributed by atoms with E-state index >= 15 is 0 Å². The molecule has 0 aromatic carbocycles. The molecule has 0 aliphatic carbocycles. The maximum atomic E-state index is 11.8. The van der Waals surface area contributed by atoms with Crippen molar-refractivity contribution in [2.45, 2.75) is 84.0 Å². The summed E-state index contributed by atoms with van der Waals surface area (Å²) in [5.41, 5.74) is 0.585. The molecular weight excluding hydrogens is 304 g/mol. The zero-order valence-electron chi connectivity index (χ0n) is 15.4. The summed E-state index contributed by atoms with van der Waals surface area (Å²) in [6.07, 6.45) is 10.3. The summed E-state index contributed by atoms with van der Waals surface area (Å²) in [6, 6.07) is 0. The number of ether oxygens (including phenoxy) is 3. The molecule has 0 aromatic rings. The molecule has 0 radical (unpaired) electrons. The van der Waals surface area contributed by atoms with E-state index in [1.54, 1.807) is 0 Å². The van der Waals surface area contributed by atoms with Crippen LogP contribution >= 0.6 is 0 Å². The fraction of sp³-hybridized carbons (Fsp3) is 0.850. The minimum atomic E-state index is -0.257. The van der Waals surface area contributed by atoms with E-state index in [2.05, 4.69) is 13.5 Å². The van der Waals surface area contributed by atoms with Crippen LogP contribution in [0.5, 0.6) is 0 Å². The first kappa shape index (κ1) is 19.5. The molecule has 2 rings (SSSR count). The number of fused-ring (bicyclic) bond motifs is 1. The number of carbonyl (C=O) groups is 1. The van der Waals surface area contributed by atoms with Gasteiger partial charge in [-0.15, -0.1) is 0 Å². The lowest BCUT2D eigenvalue weighted by atomic mass is 9.80. The lowest BCUT2D eigenvalue weighted by Gasteiger charge is -2.27. The van der Waals surface area contributed by atoms with E-state index in [1.165, 1.54) is 32.1 Å². The van der Waals surface area contributed by atoms with Crippen LogP contribution in [-0.2, 0) is 19.0 Å². The summed E-state index contributed by atoms with van der Waals surface area (Å²) in [4.78, 5) is 11.8. The third-order valence-electron chi connectivity index (χ3n) is 5.34. The molecule has 138 valence electrons. The lowest BCUT2D eigenvalue weighted by molar-refractivity contribution is -0.167. The second-order valence-electron chi connectivity index (χ2n) is 7.10. The summed E-state index contributed by atoms with van der Waals surface area (Å²) >= 11 is 0. The number of carbonyl (C=O) groups excluding carboxylic acids is 1. The van der Waals surface area contributed by atoms with Crippen LogP contribution in [0.3, 0.4) is 0 Å². The Bertz CT molecular complexity index is 406. The highest BCUT2D eigenvalue weighted by atomic mass is 16.7. The van der Waals surface area contributed by atoms with Crippen molar-refractivity contribution in [3.05, 3.63) is 12.2 Å². The standard InChI is InChI=1S/C20H34O4/c1-4-6-7-8-11-18-16(13-12-15(3)19(21)22-5-2)17-10-9-14-23-20(17)24-18/h16-18,20H,3-14H2,1-2H3/t16-,17+,18?,20-/m0/s1. The largest absolute Gasteiger partial charge is 0.463 e. The summed E-state index contributed by atoms with van der Waals surface area (Å²) in [7, 11) is 0. The summed E-state index contributed by atoms with van der Waals surface area (Å²) < 4.78 is 17.1.